The van der Waals surface area contributed by atoms with Crippen molar-refractivity contribution in [2.24, 2.45) is 0 Å². The fourth-order valence-corrected chi connectivity index (χ4v) is 3.04. The average molecular weight is 359 g/mol. The van der Waals surface area contributed by atoms with Gasteiger partial charge in [0.15, 0.2) is 0 Å². The van der Waals surface area contributed by atoms with Crippen molar-refractivity contribution in [3.63, 3.8) is 0 Å². The Morgan fingerprint density at radius 1 is 1.33 bits per heavy atom. The molecular formula is C15H27BrN4O. The summed E-state index contributed by atoms with van der Waals surface area (Å²) in [5.74, 6) is 0.148. The molecule has 1 N–H and O–H groups in total. The number of carbonyl (C=O) groups excluding carboxylic acids is 1. The molecule has 120 valence electrons. The van der Waals surface area contributed by atoms with Gasteiger partial charge in [0, 0.05) is 26.2 Å². The topological polar surface area (TPSA) is 50.2 Å². The Balaban J connectivity index is 2.75. The van der Waals surface area contributed by atoms with Crippen LogP contribution in [0.2, 0.25) is 0 Å². The van der Waals surface area contributed by atoms with Crippen molar-refractivity contribution in [2.45, 2.75) is 60.2 Å². The number of amides is 1. The zero-order valence-electron chi connectivity index (χ0n) is 13.7. The van der Waals surface area contributed by atoms with Crippen LogP contribution in [-0.4, -0.2) is 39.7 Å². The molecular weight excluding hydrogens is 332 g/mol. The minimum absolute atomic E-state index is 0.148. The third kappa shape index (κ3) is 4.30. The lowest BCUT2D eigenvalue weighted by Crippen LogP contribution is -2.44. The summed E-state index contributed by atoms with van der Waals surface area (Å²) in [7, 11) is 0. The average Bonchev–Trinajstić information content (AvgIpc) is 2.81. The van der Waals surface area contributed by atoms with Crippen molar-refractivity contribution in [2.75, 3.05) is 13.1 Å². The number of carbonyl (C=O) groups is 1. The van der Waals surface area contributed by atoms with Gasteiger partial charge in [0.1, 0.15) is 0 Å². The SMILES string of the molecule is CCc1nn(CC)c(CNC(C)C(=O)N(CC)CC)c1Br. The Morgan fingerprint density at radius 2 is 1.95 bits per heavy atom. The van der Waals surface area contributed by atoms with Crippen LogP contribution in [0.5, 0.6) is 0 Å². The van der Waals surface area contributed by atoms with Crippen molar-refractivity contribution in [1.29, 1.82) is 0 Å². The van der Waals surface area contributed by atoms with Gasteiger partial charge in [0.05, 0.1) is 21.9 Å². The van der Waals surface area contributed by atoms with Crippen molar-refractivity contribution in [3.8, 4) is 0 Å². The van der Waals surface area contributed by atoms with E-state index < -0.39 is 0 Å². The molecule has 0 aliphatic rings. The first kappa shape index (κ1) is 18.2. The van der Waals surface area contributed by atoms with Gasteiger partial charge in [-0.3, -0.25) is 9.48 Å². The maximum Gasteiger partial charge on any atom is 0.239 e. The van der Waals surface area contributed by atoms with Gasteiger partial charge < -0.3 is 10.2 Å². The molecule has 0 radical (unpaired) electrons. The normalized spacial score (nSPS) is 12.5. The summed E-state index contributed by atoms with van der Waals surface area (Å²) in [4.78, 5) is 14.1. The van der Waals surface area contributed by atoms with E-state index >= 15 is 0 Å². The van der Waals surface area contributed by atoms with Crippen LogP contribution in [0, 0.1) is 0 Å². The number of nitrogens with zero attached hydrogens (tertiary/aromatic N) is 3. The summed E-state index contributed by atoms with van der Waals surface area (Å²) >= 11 is 3.63. The second-order valence-corrected chi connectivity index (χ2v) is 5.78. The van der Waals surface area contributed by atoms with E-state index in [-0.39, 0.29) is 11.9 Å². The lowest BCUT2D eigenvalue weighted by atomic mass is 10.2. The fraction of sp³-hybridized carbons (Fsp3) is 0.733. The summed E-state index contributed by atoms with van der Waals surface area (Å²) in [5, 5.41) is 7.89. The molecule has 1 unspecified atom stereocenters. The molecule has 0 saturated carbocycles. The molecule has 21 heavy (non-hydrogen) atoms. The van der Waals surface area contributed by atoms with Crippen molar-refractivity contribution in [3.05, 3.63) is 15.9 Å². The van der Waals surface area contributed by atoms with Gasteiger partial charge in [0.2, 0.25) is 5.91 Å². The lowest BCUT2D eigenvalue weighted by Gasteiger charge is -2.23. The van der Waals surface area contributed by atoms with E-state index in [1.807, 2.05) is 30.4 Å². The molecule has 0 aliphatic heterocycles. The van der Waals surface area contributed by atoms with Crippen LogP contribution in [0.1, 0.15) is 46.0 Å². The maximum atomic E-state index is 12.3. The molecule has 1 heterocycles. The molecule has 0 fully saturated rings. The molecule has 0 bridgehead atoms. The van der Waals surface area contributed by atoms with E-state index in [2.05, 4.69) is 40.2 Å². The van der Waals surface area contributed by atoms with E-state index in [1.54, 1.807) is 0 Å². The van der Waals surface area contributed by atoms with Gasteiger partial charge >= 0.3 is 0 Å². The number of aromatic nitrogens is 2. The highest BCUT2D eigenvalue weighted by atomic mass is 79.9. The lowest BCUT2D eigenvalue weighted by molar-refractivity contribution is -0.132. The second-order valence-electron chi connectivity index (χ2n) is 4.99. The van der Waals surface area contributed by atoms with Crippen molar-refractivity contribution in [1.82, 2.24) is 20.0 Å². The van der Waals surface area contributed by atoms with E-state index in [0.29, 0.717) is 6.54 Å². The molecule has 1 atom stereocenters. The molecule has 0 aliphatic carbocycles. The number of halogens is 1. The maximum absolute atomic E-state index is 12.3. The van der Waals surface area contributed by atoms with Gasteiger partial charge in [-0.1, -0.05) is 6.92 Å². The number of likely N-dealkylation sites (N-methyl/N-ethyl adjacent to an activating group) is 1. The summed E-state index contributed by atoms with van der Waals surface area (Å²) < 4.78 is 3.05. The van der Waals surface area contributed by atoms with Crippen LogP contribution in [0.25, 0.3) is 0 Å². The quantitative estimate of drug-likeness (QED) is 0.776. The first-order valence-corrected chi connectivity index (χ1v) is 8.55. The summed E-state index contributed by atoms with van der Waals surface area (Å²) in [6.07, 6.45) is 0.897. The molecule has 5 nitrogen and oxygen atoms in total. The van der Waals surface area contributed by atoms with Crippen LogP contribution in [-0.2, 0) is 24.3 Å². The first-order valence-electron chi connectivity index (χ1n) is 7.76. The molecule has 1 aromatic rings. The number of rotatable bonds is 8. The highest BCUT2D eigenvalue weighted by molar-refractivity contribution is 9.10. The molecule has 0 spiro atoms. The van der Waals surface area contributed by atoms with Crippen molar-refractivity contribution >= 4 is 21.8 Å². The number of nitrogens with one attached hydrogen (secondary N) is 1. The molecule has 1 aromatic heterocycles. The smallest absolute Gasteiger partial charge is 0.239 e. The Hall–Kier alpha value is -0.880. The summed E-state index contributed by atoms with van der Waals surface area (Å²) in [6.45, 7) is 13.1. The monoisotopic (exact) mass is 358 g/mol. The van der Waals surface area contributed by atoms with Crippen LogP contribution in [0.3, 0.4) is 0 Å². The largest absolute Gasteiger partial charge is 0.342 e. The third-order valence-electron chi connectivity index (χ3n) is 3.72. The zero-order valence-corrected chi connectivity index (χ0v) is 15.3. The second kappa shape index (κ2) is 8.54. The van der Waals surface area contributed by atoms with Crippen LogP contribution < -0.4 is 5.32 Å². The number of hydrogen-bond acceptors (Lipinski definition) is 3. The van der Waals surface area contributed by atoms with Gasteiger partial charge in [-0.25, -0.2) is 0 Å². The Bertz CT molecular complexity index is 468. The summed E-state index contributed by atoms with van der Waals surface area (Å²) in [6, 6.07) is -0.193. The Kier molecular flexibility index (Phi) is 7.39. The van der Waals surface area contributed by atoms with Gasteiger partial charge in [-0.15, -0.1) is 0 Å². The van der Waals surface area contributed by atoms with E-state index in [4.69, 9.17) is 0 Å². The first-order chi connectivity index (χ1) is 9.99. The standard InChI is InChI=1S/C15H27BrN4O/c1-6-12-14(16)13(20(9-4)18-12)10-17-11(5)15(21)19(7-2)8-3/h11,17H,6-10H2,1-5H3. The molecule has 0 saturated heterocycles. The van der Waals surface area contributed by atoms with Crippen LogP contribution in [0.15, 0.2) is 4.47 Å². The van der Waals surface area contributed by atoms with E-state index in [0.717, 1.165) is 41.9 Å². The predicted molar refractivity (Wildman–Crippen MR) is 89.2 cm³/mol. The highest BCUT2D eigenvalue weighted by Crippen LogP contribution is 2.22. The Labute approximate surface area is 136 Å². The predicted octanol–water partition coefficient (Wildman–Crippen LogP) is 2.57. The fourth-order valence-electron chi connectivity index (χ4n) is 2.33. The van der Waals surface area contributed by atoms with Gasteiger partial charge in [-0.2, -0.15) is 5.10 Å². The molecule has 1 rings (SSSR count). The highest BCUT2D eigenvalue weighted by Gasteiger charge is 2.19. The minimum Gasteiger partial charge on any atom is -0.342 e. The van der Waals surface area contributed by atoms with Gasteiger partial charge in [0.25, 0.3) is 0 Å². The summed E-state index contributed by atoms with van der Waals surface area (Å²) in [5.41, 5.74) is 2.17. The number of hydrogen-bond donors (Lipinski definition) is 1. The third-order valence-corrected chi connectivity index (χ3v) is 4.63. The Morgan fingerprint density at radius 3 is 2.43 bits per heavy atom. The van der Waals surface area contributed by atoms with Crippen LogP contribution >= 0.6 is 15.9 Å². The molecule has 6 heteroatoms. The number of aryl methyl sites for hydroxylation is 2. The molecule has 1 amide bonds. The van der Waals surface area contributed by atoms with Gasteiger partial charge in [-0.05, 0) is 50.0 Å². The molecule has 0 aromatic carbocycles. The van der Waals surface area contributed by atoms with E-state index in [9.17, 15) is 4.79 Å². The van der Waals surface area contributed by atoms with Crippen molar-refractivity contribution < 1.29 is 4.79 Å². The van der Waals surface area contributed by atoms with E-state index in [1.165, 1.54) is 0 Å². The van der Waals surface area contributed by atoms with Crippen LogP contribution in [0.4, 0.5) is 0 Å². The zero-order chi connectivity index (χ0) is 16.0. The minimum atomic E-state index is -0.193.